The highest BCUT2D eigenvalue weighted by molar-refractivity contribution is 5.87. The summed E-state index contributed by atoms with van der Waals surface area (Å²) in [7, 11) is 1.37. The van der Waals surface area contributed by atoms with Gasteiger partial charge in [0.1, 0.15) is 11.3 Å². The van der Waals surface area contributed by atoms with E-state index in [-0.39, 0.29) is 24.3 Å². The summed E-state index contributed by atoms with van der Waals surface area (Å²) in [5.41, 5.74) is 6.81. The largest absolute Gasteiger partial charge is 0.494 e. The summed E-state index contributed by atoms with van der Waals surface area (Å²) in [6.45, 7) is 2.51. The van der Waals surface area contributed by atoms with E-state index in [0.717, 1.165) is 11.1 Å². The number of benzene rings is 2. The monoisotopic (exact) mass is 406 g/mol. The second-order valence-corrected chi connectivity index (χ2v) is 6.42. The van der Waals surface area contributed by atoms with Crippen LogP contribution in [0.1, 0.15) is 30.9 Å². The molecule has 2 aromatic carbocycles. The standard InChI is InChI=1S/C21H26N2O4.ClH/c1-21(22,17-7-4-3-5-8-17)20(25)23-15-16-10-12-18(13-11-16)27-14-6-9-19(24)26-2;/h3-5,7-8,10-13H,6,9,14-15,22H2,1-2H3,(H,23,25);1H. The Morgan fingerprint density at radius 1 is 1.07 bits per heavy atom. The summed E-state index contributed by atoms with van der Waals surface area (Å²) in [4.78, 5) is 23.5. The fourth-order valence-corrected chi connectivity index (χ4v) is 2.49. The lowest BCUT2D eigenvalue weighted by Gasteiger charge is -2.24. The number of amides is 1. The van der Waals surface area contributed by atoms with Gasteiger partial charge in [-0.05, 0) is 36.6 Å². The third-order valence-corrected chi connectivity index (χ3v) is 4.24. The molecule has 3 N–H and O–H groups in total. The van der Waals surface area contributed by atoms with Crippen LogP contribution in [-0.4, -0.2) is 25.6 Å². The Morgan fingerprint density at radius 3 is 2.32 bits per heavy atom. The predicted molar refractivity (Wildman–Crippen MR) is 110 cm³/mol. The number of ether oxygens (including phenoxy) is 2. The van der Waals surface area contributed by atoms with Gasteiger partial charge in [0.05, 0.1) is 13.7 Å². The van der Waals surface area contributed by atoms with Gasteiger partial charge in [0, 0.05) is 13.0 Å². The lowest BCUT2D eigenvalue weighted by molar-refractivity contribution is -0.140. The second kappa shape index (κ2) is 11.3. The molecule has 0 spiro atoms. The molecule has 0 heterocycles. The van der Waals surface area contributed by atoms with Crippen LogP contribution in [0.15, 0.2) is 54.6 Å². The maximum Gasteiger partial charge on any atom is 0.305 e. The Balaban J connectivity index is 0.00000392. The molecule has 1 amide bonds. The van der Waals surface area contributed by atoms with Crippen molar-refractivity contribution in [3.8, 4) is 5.75 Å². The maximum atomic E-state index is 12.5. The molecule has 0 aliphatic carbocycles. The number of carbonyl (C=O) groups is 2. The van der Waals surface area contributed by atoms with Crippen LogP contribution in [0.5, 0.6) is 5.75 Å². The molecular weight excluding hydrogens is 380 g/mol. The average molecular weight is 407 g/mol. The average Bonchev–Trinajstić information content (AvgIpc) is 2.70. The van der Waals surface area contributed by atoms with Crippen LogP contribution >= 0.6 is 12.4 Å². The van der Waals surface area contributed by atoms with Gasteiger partial charge in [0.2, 0.25) is 5.91 Å². The number of esters is 1. The molecule has 0 radical (unpaired) electrons. The third-order valence-electron chi connectivity index (χ3n) is 4.24. The molecule has 152 valence electrons. The van der Waals surface area contributed by atoms with E-state index in [1.807, 2.05) is 54.6 Å². The fraction of sp³-hybridized carbons (Fsp3) is 0.333. The molecule has 2 aromatic rings. The van der Waals surface area contributed by atoms with Crippen LogP contribution in [0.4, 0.5) is 0 Å². The molecular formula is C21H27ClN2O4. The van der Waals surface area contributed by atoms with E-state index in [9.17, 15) is 9.59 Å². The summed E-state index contributed by atoms with van der Waals surface area (Å²) in [6.07, 6.45) is 0.930. The molecule has 28 heavy (non-hydrogen) atoms. The molecule has 0 aliphatic rings. The van der Waals surface area contributed by atoms with Crippen LogP contribution in [0, 0.1) is 0 Å². The van der Waals surface area contributed by atoms with Crippen molar-refractivity contribution in [2.45, 2.75) is 31.8 Å². The number of halogens is 1. The lowest BCUT2D eigenvalue weighted by Crippen LogP contribution is -2.48. The van der Waals surface area contributed by atoms with Gasteiger partial charge >= 0.3 is 5.97 Å². The van der Waals surface area contributed by atoms with E-state index in [4.69, 9.17) is 10.5 Å². The zero-order chi connectivity index (χ0) is 19.7. The topological polar surface area (TPSA) is 90.6 Å². The van der Waals surface area contributed by atoms with Crippen molar-refractivity contribution in [3.63, 3.8) is 0 Å². The van der Waals surface area contributed by atoms with Gasteiger partial charge in [-0.3, -0.25) is 9.59 Å². The number of hydrogen-bond acceptors (Lipinski definition) is 5. The summed E-state index contributed by atoms with van der Waals surface area (Å²) in [5.74, 6) is 0.229. The van der Waals surface area contributed by atoms with Gasteiger partial charge in [0.15, 0.2) is 0 Å². The molecule has 0 bridgehead atoms. The van der Waals surface area contributed by atoms with E-state index in [1.54, 1.807) is 6.92 Å². The van der Waals surface area contributed by atoms with Crippen molar-refractivity contribution < 1.29 is 19.1 Å². The molecule has 0 saturated carbocycles. The molecule has 2 rings (SSSR count). The zero-order valence-corrected chi connectivity index (χ0v) is 17.0. The van der Waals surface area contributed by atoms with Crippen LogP contribution in [-0.2, 0) is 26.4 Å². The highest BCUT2D eigenvalue weighted by atomic mass is 35.5. The van der Waals surface area contributed by atoms with Crippen molar-refractivity contribution in [1.29, 1.82) is 0 Å². The fourth-order valence-electron chi connectivity index (χ4n) is 2.49. The van der Waals surface area contributed by atoms with Crippen molar-refractivity contribution in [2.24, 2.45) is 5.73 Å². The van der Waals surface area contributed by atoms with E-state index in [2.05, 4.69) is 10.1 Å². The molecule has 0 fully saturated rings. The lowest BCUT2D eigenvalue weighted by atomic mass is 9.92. The smallest absolute Gasteiger partial charge is 0.305 e. The highest BCUT2D eigenvalue weighted by Crippen LogP contribution is 2.18. The van der Waals surface area contributed by atoms with Gasteiger partial charge in [-0.1, -0.05) is 42.5 Å². The molecule has 0 saturated heterocycles. The minimum atomic E-state index is -1.09. The number of rotatable bonds is 9. The van der Waals surface area contributed by atoms with Crippen molar-refractivity contribution in [1.82, 2.24) is 5.32 Å². The minimum Gasteiger partial charge on any atom is -0.494 e. The summed E-state index contributed by atoms with van der Waals surface area (Å²) in [5, 5.41) is 2.87. The van der Waals surface area contributed by atoms with E-state index in [1.165, 1.54) is 7.11 Å². The Labute approximate surface area is 171 Å². The van der Waals surface area contributed by atoms with Crippen LogP contribution < -0.4 is 15.8 Å². The van der Waals surface area contributed by atoms with E-state index < -0.39 is 5.54 Å². The Morgan fingerprint density at radius 2 is 1.71 bits per heavy atom. The number of carbonyl (C=O) groups excluding carboxylic acids is 2. The van der Waals surface area contributed by atoms with Crippen LogP contribution in [0.3, 0.4) is 0 Å². The van der Waals surface area contributed by atoms with E-state index >= 15 is 0 Å². The van der Waals surface area contributed by atoms with Crippen molar-refractivity contribution in [2.75, 3.05) is 13.7 Å². The molecule has 7 heteroatoms. The number of hydrogen-bond donors (Lipinski definition) is 2. The van der Waals surface area contributed by atoms with Crippen molar-refractivity contribution >= 4 is 24.3 Å². The normalized spacial score (nSPS) is 12.2. The molecule has 0 aromatic heterocycles. The number of nitrogens with two attached hydrogens (primary N) is 1. The molecule has 0 aliphatic heterocycles. The first-order chi connectivity index (χ1) is 12.9. The molecule has 6 nitrogen and oxygen atoms in total. The first-order valence-corrected chi connectivity index (χ1v) is 8.84. The zero-order valence-electron chi connectivity index (χ0n) is 16.1. The second-order valence-electron chi connectivity index (χ2n) is 6.42. The Kier molecular flexibility index (Phi) is 9.48. The molecule has 1 atom stereocenters. The number of nitrogens with one attached hydrogen (secondary N) is 1. The highest BCUT2D eigenvalue weighted by Gasteiger charge is 2.29. The number of methoxy groups -OCH3 is 1. The Bertz CT molecular complexity index is 749. The first-order valence-electron chi connectivity index (χ1n) is 8.84. The first kappa shape index (κ1) is 23.5. The van der Waals surface area contributed by atoms with E-state index in [0.29, 0.717) is 31.7 Å². The van der Waals surface area contributed by atoms with Gasteiger partial charge in [-0.2, -0.15) is 0 Å². The summed E-state index contributed by atoms with van der Waals surface area (Å²) in [6, 6.07) is 16.7. The van der Waals surface area contributed by atoms with Crippen LogP contribution in [0.2, 0.25) is 0 Å². The molecule has 1 unspecified atom stereocenters. The summed E-state index contributed by atoms with van der Waals surface area (Å²) >= 11 is 0. The maximum absolute atomic E-state index is 12.5. The predicted octanol–water partition coefficient (Wildman–Crippen LogP) is 2.93. The Hall–Kier alpha value is -2.57. The third kappa shape index (κ3) is 6.87. The minimum absolute atomic E-state index is 0. The van der Waals surface area contributed by atoms with Gasteiger partial charge in [0.25, 0.3) is 0 Å². The van der Waals surface area contributed by atoms with Crippen molar-refractivity contribution in [3.05, 3.63) is 65.7 Å². The van der Waals surface area contributed by atoms with Gasteiger partial charge < -0.3 is 20.5 Å². The SMILES string of the molecule is COC(=O)CCCOc1ccc(CNC(=O)C(C)(N)c2ccccc2)cc1.Cl. The summed E-state index contributed by atoms with van der Waals surface area (Å²) < 4.78 is 10.2. The quantitative estimate of drug-likeness (QED) is 0.493. The van der Waals surface area contributed by atoms with Crippen LogP contribution in [0.25, 0.3) is 0 Å². The van der Waals surface area contributed by atoms with Gasteiger partial charge in [-0.25, -0.2) is 0 Å². The van der Waals surface area contributed by atoms with Gasteiger partial charge in [-0.15, -0.1) is 12.4 Å².